The second-order valence-electron chi connectivity index (χ2n) is 12.5. The van der Waals surface area contributed by atoms with E-state index >= 15 is 0 Å². The molecular weight excluding hydrogens is 612 g/mol. The molecule has 7 nitrogen and oxygen atoms in total. The van der Waals surface area contributed by atoms with Gasteiger partial charge < -0.3 is 18.8 Å². The van der Waals surface area contributed by atoms with E-state index in [1.54, 1.807) is 18.2 Å². The largest absolute Gasteiger partial charge is 0.494 e. The first-order chi connectivity index (χ1) is 23.9. The van der Waals surface area contributed by atoms with Crippen molar-refractivity contribution in [2.45, 2.75) is 78.5 Å². The summed E-state index contributed by atoms with van der Waals surface area (Å²) in [5.41, 5.74) is 4.36. The number of benzene rings is 4. The van der Waals surface area contributed by atoms with E-state index in [4.69, 9.17) is 14.2 Å². The molecule has 0 saturated carbocycles. The Morgan fingerprint density at radius 3 is 2.24 bits per heavy atom. The van der Waals surface area contributed by atoms with Gasteiger partial charge in [0.1, 0.15) is 5.75 Å². The van der Waals surface area contributed by atoms with Crippen LogP contribution in [0.2, 0.25) is 0 Å². The van der Waals surface area contributed by atoms with Crippen molar-refractivity contribution in [2.24, 2.45) is 0 Å². The second-order valence-corrected chi connectivity index (χ2v) is 12.5. The molecule has 0 N–H and O–H groups in total. The lowest BCUT2D eigenvalue weighted by Crippen LogP contribution is -2.45. The van der Waals surface area contributed by atoms with Gasteiger partial charge in [0.2, 0.25) is 5.72 Å². The van der Waals surface area contributed by atoms with Crippen molar-refractivity contribution in [1.82, 2.24) is 4.57 Å². The predicted octanol–water partition coefficient (Wildman–Crippen LogP) is 10.1. The van der Waals surface area contributed by atoms with Crippen LogP contribution in [0.4, 0.5) is 11.4 Å². The molecule has 1 aliphatic heterocycles. The maximum atomic E-state index is 14.1. The quantitative estimate of drug-likeness (QED) is 0.0824. The van der Waals surface area contributed by atoms with Crippen LogP contribution in [0.3, 0.4) is 0 Å². The fourth-order valence-corrected chi connectivity index (χ4v) is 7.18. The molecule has 1 aliphatic rings. The van der Waals surface area contributed by atoms with Gasteiger partial charge in [0.15, 0.2) is 0 Å². The first-order valence-corrected chi connectivity index (χ1v) is 17.7. The highest BCUT2D eigenvalue weighted by molar-refractivity contribution is 6.01. The molecule has 0 fully saturated rings. The Bertz CT molecular complexity index is 1910. The summed E-state index contributed by atoms with van der Waals surface area (Å²) in [6, 6.07) is 31.1. The molecule has 1 atom stereocenters. The number of carbonyl (C=O) groups excluding carboxylic acids is 2. The topological polar surface area (TPSA) is 70.0 Å². The Kier molecular flexibility index (Phi) is 10.4. The van der Waals surface area contributed by atoms with Crippen LogP contribution in [-0.2, 0) is 21.7 Å². The summed E-state index contributed by atoms with van der Waals surface area (Å²) in [6.07, 6.45) is 6.60. The molecular formula is C42H46N2O5. The molecule has 6 rings (SSSR count). The average Bonchev–Trinajstić information content (AvgIpc) is 3.58. The van der Waals surface area contributed by atoms with E-state index in [2.05, 4.69) is 42.4 Å². The SMILES string of the molecule is CCCCCCCCOC(=O)c1ccc2c(c1)C(c1c(C)n(CC)c3ccccc13)(N(c1ccccc1)c1ccc(OCC)cc1)OC2=O. The summed E-state index contributed by atoms with van der Waals surface area (Å²) in [5.74, 6) is -0.127. The van der Waals surface area contributed by atoms with E-state index in [1.807, 2.05) is 73.7 Å². The number of hydrogen-bond acceptors (Lipinski definition) is 6. The smallest absolute Gasteiger partial charge is 0.341 e. The first kappa shape index (κ1) is 33.8. The van der Waals surface area contributed by atoms with Crippen molar-refractivity contribution >= 4 is 34.2 Å². The van der Waals surface area contributed by atoms with Gasteiger partial charge in [-0.15, -0.1) is 0 Å². The molecule has 0 amide bonds. The highest BCUT2D eigenvalue weighted by atomic mass is 16.6. The van der Waals surface area contributed by atoms with Gasteiger partial charge in [-0.1, -0.05) is 75.4 Å². The zero-order valence-corrected chi connectivity index (χ0v) is 29.0. The molecule has 0 aliphatic carbocycles. The lowest BCUT2D eigenvalue weighted by atomic mass is 9.87. The van der Waals surface area contributed by atoms with Gasteiger partial charge in [-0.3, -0.25) is 4.90 Å². The van der Waals surface area contributed by atoms with Crippen LogP contribution in [0.5, 0.6) is 5.75 Å². The Hall–Kier alpha value is -5.04. The van der Waals surface area contributed by atoms with E-state index in [9.17, 15) is 9.59 Å². The highest BCUT2D eigenvalue weighted by Crippen LogP contribution is 2.53. The number of para-hydroxylation sites is 2. The van der Waals surface area contributed by atoms with E-state index in [0.717, 1.165) is 65.1 Å². The monoisotopic (exact) mass is 658 g/mol. The van der Waals surface area contributed by atoms with Crippen molar-refractivity contribution in [1.29, 1.82) is 0 Å². The summed E-state index contributed by atoms with van der Waals surface area (Å²) in [6.45, 7) is 9.97. The van der Waals surface area contributed by atoms with Gasteiger partial charge in [-0.2, -0.15) is 0 Å². The van der Waals surface area contributed by atoms with Crippen molar-refractivity contribution in [3.63, 3.8) is 0 Å². The van der Waals surface area contributed by atoms with Crippen molar-refractivity contribution in [2.75, 3.05) is 18.1 Å². The number of nitrogens with zero attached hydrogens (tertiary/aromatic N) is 2. The van der Waals surface area contributed by atoms with Gasteiger partial charge in [0, 0.05) is 40.1 Å². The number of carbonyl (C=O) groups is 2. The number of aromatic nitrogens is 1. The highest BCUT2D eigenvalue weighted by Gasteiger charge is 2.55. The molecule has 1 aromatic heterocycles. The molecule has 0 radical (unpaired) electrons. The third kappa shape index (κ3) is 6.42. The van der Waals surface area contributed by atoms with E-state index in [-0.39, 0.29) is 0 Å². The predicted molar refractivity (Wildman–Crippen MR) is 195 cm³/mol. The molecule has 4 aromatic carbocycles. The summed E-state index contributed by atoms with van der Waals surface area (Å²) in [7, 11) is 0. The number of ether oxygens (including phenoxy) is 3. The van der Waals surface area contributed by atoms with Gasteiger partial charge in [-0.05, 0) is 87.9 Å². The number of cyclic esters (lactones) is 1. The van der Waals surface area contributed by atoms with Crippen LogP contribution in [0.25, 0.3) is 10.9 Å². The molecule has 49 heavy (non-hydrogen) atoms. The van der Waals surface area contributed by atoms with Crippen molar-refractivity contribution < 1.29 is 23.8 Å². The van der Waals surface area contributed by atoms with Crippen molar-refractivity contribution in [3.05, 3.63) is 125 Å². The number of hydrogen-bond donors (Lipinski definition) is 0. The summed E-state index contributed by atoms with van der Waals surface area (Å²) in [4.78, 5) is 29.7. The van der Waals surface area contributed by atoms with Gasteiger partial charge in [0.05, 0.1) is 29.9 Å². The fraction of sp³-hybridized carbons (Fsp3) is 0.333. The lowest BCUT2D eigenvalue weighted by Gasteiger charge is -2.42. The molecule has 0 bridgehead atoms. The van der Waals surface area contributed by atoms with Crippen LogP contribution in [0.1, 0.15) is 96.8 Å². The molecule has 2 heterocycles. The number of fused-ring (bicyclic) bond motifs is 2. The zero-order chi connectivity index (χ0) is 34.4. The molecule has 0 saturated heterocycles. The van der Waals surface area contributed by atoms with Crippen LogP contribution in [0.15, 0.2) is 97.1 Å². The van der Waals surface area contributed by atoms with Crippen LogP contribution in [-0.4, -0.2) is 29.7 Å². The maximum Gasteiger partial charge on any atom is 0.341 e. The van der Waals surface area contributed by atoms with Gasteiger partial charge >= 0.3 is 11.9 Å². The minimum absolute atomic E-state index is 0.355. The Balaban J connectivity index is 1.55. The number of unbranched alkanes of at least 4 members (excludes halogenated alkanes) is 5. The first-order valence-electron chi connectivity index (χ1n) is 17.7. The average molecular weight is 659 g/mol. The lowest BCUT2D eigenvalue weighted by molar-refractivity contribution is 0.0136. The maximum absolute atomic E-state index is 14.1. The number of esters is 2. The molecule has 0 spiro atoms. The standard InChI is InChI=1S/C42H46N2O5/c1-5-8-9-10-11-17-28-48-40(45)31-22-27-35-37(29-31)42(49-41(35)46,39-30(4)43(6-2)38-21-16-15-20-36(38)39)44(32-18-13-12-14-19-32)33-23-25-34(26-24-33)47-7-3/h12-16,18-27,29H,5-11,17,28H2,1-4H3. The minimum atomic E-state index is -1.47. The van der Waals surface area contributed by atoms with Gasteiger partial charge in [0.25, 0.3) is 0 Å². The molecule has 1 unspecified atom stereocenters. The third-order valence-corrected chi connectivity index (χ3v) is 9.43. The Morgan fingerprint density at radius 1 is 0.816 bits per heavy atom. The van der Waals surface area contributed by atoms with E-state index < -0.39 is 17.7 Å². The third-order valence-electron chi connectivity index (χ3n) is 9.43. The Morgan fingerprint density at radius 2 is 1.51 bits per heavy atom. The molecule has 7 heteroatoms. The molecule has 5 aromatic rings. The fourth-order valence-electron chi connectivity index (χ4n) is 7.18. The van der Waals surface area contributed by atoms with Gasteiger partial charge in [-0.25, -0.2) is 9.59 Å². The Labute approximate surface area is 289 Å². The van der Waals surface area contributed by atoms with Crippen LogP contribution >= 0.6 is 0 Å². The normalized spacial score (nSPS) is 15.2. The summed E-state index contributed by atoms with van der Waals surface area (Å²) >= 11 is 0. The van der Waals surface area contributed by atoms with Crippen LogP contribution in [0, 0.1) is 6.92 Å². The minimum Gasteiger partial charge on any atom is -0.494 e. The van der Waals surface area contributed by atoms with Crippen LogP contribution < -0.4 is 9.64 Å². The number of anilines is 2. The summed E-state index contributed by atoms with van der Waals surface area (Å²) < 4.78 is 20.6. The molecule has 254 valence electrons. The van der Waals surface area contributed by atoms with E-state index in [1.165, 1.54) is 19.3 Å². The second kappa shape index (κ2) is 15.0. The zero-order valence-electron chi connectivity index (χ0n) is 29.0. The number of aryl methyl sites for hydroxylation is 1. The van der Waals surface area contributed by atoms with E-state index in [0.29, 0.717) is 29.9 Å². The summed E-state index contributed by atoms with van der Waals surface area (Å²) in [5, 5.41) is 0.963. The van der Waals surface area contributed by atoms with Crippen molar-refractivity contribution in [3.8, 4) is 5.75 Å². The number of rotatable bonds is 15.